The Labute approximate surface area is 117 Å². The maximum atomic E-state index is 13.3. The highest BCUT2D eigenvalue weighted by Gasteiger charge is 2.36. The van der Waals surface area contributed by atoms with Gasteiger partial charge in [-0.3, -0.25) is 4.79 Å². The molecule has 1 aliphatic heterocycles. The van der Waals surface area contributed by atoms with Gasteiger partial charge < -0.3 is 4.90 Å². The van der Waals surface area contributed by atoms with Crippen molar-refractivity contribution in [2.24, 2.45) is 5.92 Å². The summed E-state index contributed by atoms with van der Waals surface area (Å²) in [5.41, 5.74) is 0.259. The predicted molar refractivity (Wildman–Crippen MR) is 72.4 cm³/mol. The standard InChI is InChI=1S/C16H19F2NO/c17-13-8-7-12(10-14(13)18)16(20)19-9-3-5-11-4-1-2-6-15(11)19/h7-8,10-11,15H,1-6,9H2. The zero-order valence-electron chi connectivity index (χ0n) is 11.4. The highest BCUT2D eigenvalue weighted by atomic mass is 19.2. The summed E-state index contributed by atoms with van der Waals surface area (Å²) in [5, 5.41) is 0. The van der Waals surface area contributed by atoms with Gasteiger partial charge >= 0.3 is 0 Å². The maximum absolute atomic E-state index is 13.3. The fraction of sp³-hybridized carbons (Fsp3) is 0.562. The van der Waals surface area contributed by atoms with Gasteiger partial charge in [-0.25, -0.2) is 8.78 Å². The average molecular weight is 279 g/mol. The van der Waals surface area contributed by atoms with E-state index < -0.39 is 11.6 Å². The fourth-order valence-electron chi connectivity index (χ4n) is 3.67. The first-order valence-corrected chi connectivity index (χ1v) is 7.43. The molecule has 1 amide bonds. The Kier molecular flexibility index (Phi) is 3.72. The summed E-state index contributed by atoms with van der Waals surface area (Å²) >= 11 is 0. The normalized spacial score (nSPS) is 26.2. The number of piperidine rings is 1. The molecule has 3 rings (SSSR count). The molecule has 2 unspecified atom stereocenters. The maximum Gasteiger partial charge on any atom is 0.254 e. The second kappa shape index (κ2) is 5.51. The summed E-state index contributed by atoms with van der Waals surface area (Å²) in [7, 11) is 0. The van der Waals surface area contributed by atoms with E-state index >= 15 is 0 Å². The SMILES string of the molecule is O=C(c1ccc(F)c(F)c1)N1CCCC2CCCCC21. The molecule has 1 aromatic rings. The van der Waals surface area contributed by atoms with Gasteiger partial charge in [0.1, 0.15) is 0 Å². The first-order chi connectivity index (χ1) is 9.66. The van der Waals surface area contributed by atoms with E-state index in [-0.39, 0.29) is 17.5 Å². The third-order valence-corrected chi connectivity index (χ3v) is 4.67. The van der Waals surface area contributed by atoms with Crippen LogP contribution in [0, 0.1) is 17.6 Å². The van der Waals surface area contributed by atoms with Crippen LogP contribution in [0.2, 0.25) is 0 Å². The van der Waals surface area contributed by atoms with Gasteiger partial charge in [-0.1, -0.05) is 12.8 Å². The number of fused-ring (bicyclic) bond motifs is 1. The van der Waals surface area contributed by atoms with Gasteiger partial charge in [-0.05, 0) is 49.8 Å². The van der Waals surface area contributed by atoms with E-state index in [9.17, 15) is 13.6 Å². The zero-order valence-corrected chi connectivity index (χ0v) is 11.4. The predicted octanol–water partition coefficient (Wildman–Crippen LogP) is 3.76. The van der Waals surface area contributed by atoms with Gasteiger partial charge in [0.05, 0.1) is 0 Å². The number of hydrogen-bond acceptors (Lipinski definition) is 1. The lowest BCUT2D eigenvalue weighted by atomic mass is 9.78. The van der Waals surface area contributed by atoms with Crippen LogP contribution < -0.4 is 0 Å². The largest absolute Gasteiger partial charge is 0.335 e. The second-order valence-corrected chi connectivity index (χ2v) is 5.88. The average Bonchev–Trinajstić information content (AvgIpc) is 2.49. The van der Waals surface area contributed by atoms with Crippen molar-refractivity contribution in [3.63, 3.8) is 0 Å². The Morgan fingerprint density at radius 2 is 1.80 bits per heavy atom. The summed E-state index contributed by atoms with van der Waals surface area (Å²) in [5.74, 6) is -1.42. The molecule has 0 radical (unpaired) electrons. The van der Waals surface area contributed by atoms with Crippen LogP contribution in [-0.2, 0) is 0 Å². The van der Waals surface area contributed by atoms with Crippen molar-refractivity contribution < 1.29 is 13.6 Å². The Morgan fingerprint density at radius 1 is 1.05 bits per heavy atom. The number of carbonyl (C=O) groups excluding carboxylic acids is 1. The second-order valence-electron chi connectivity index (χ2n) is 5.88. The van der Waals surface area contributed by atoms with Crippen LogP contribution in [0.15, 0.2) is 18.2 Å². The van der Waals surface area contributed by atoms with Crippen molar-refractivity contribution in [2.45, 2.75) is 44.6 Å². The smallest absolute Gasteiger partial charge is 0.254 e. The monoisotopic (exact) mass is 279 g/mol. The minimum Gasteiger partial charge on any atom is -0.335 e. The summed E-state index contributed by atoms with van der Waals surface area (Å²) in [6.45, 7) is 0.735. The van der Waals surface area contributed by atoms with Crippen molar-refractivity contribution in [1.29, 1.82) is 0 Å². The number of rotatable bonds is 1. The number of likely N-dealkylation sites (tertiary alicyclic amines) is 1. The number of hydrogen-bond donors (Lipinski definition) is 0. The molecule has 2 aliphatic rings. The van der Waals surface area contributed by atoms with E-state index in [1.165, 1.54) is 25.3 Å². The molecule has 0 bridgehead atoms. The van der Waals surface area contributed by atoms with Gasteiger partial charge in [0.25, 0.3) is 5.91 Å². The lowest BCUT2D eigenvalue weighted by molar-refractivity contribution is 0.0390. The molecule has 20 heavy (non-hydrogen) atoms. The molecule has 1 aromatic carbocycles. The molecule has 0 aromatic heterocycles. The first kappa shape index (κ1) is 13.5. The lowest BCUT2D eigenvalue weighted by Gasteiger charge is -2.44. The quantitative estimate of drug-likeness (QED) is 0.766. The highest BCUT2D eigenvalue weighted by molar-refractivity contribution is 5.94. The molecule has 1 heterocycles. The van der Waals surface area contributed by atoms with E-state index in [4.69, 9.17) is 0 Å². The molecular formula is C16H19F2NO. The third-order valence-electron chi connectivity index (χ3n) is 4.67. The Hall–Kier alpha value is -1.45. The first-order valence-electron chi connectivity index (χ1n) is 7.43. The van der Waals surface area contributed by atoms with Gasteiger partial charge in [-0.2, -0.15) is 0 Å². The summed E-state index contributed by atoms with van der Waals surface area (Å²) < 4.78 is 26.3. The number of halogens is 2. The molecule has 1 saturated heterocycles. The molecule has 1 saturated carbocycles. The molecule has 2 fully saturated rings. The van der Waals surface area contributed by atoms with E-state index in [1.54, 1.807) is 0 Å². The summed E-state index contributed by atoms with van der Waals surface area (Å²) in [6, 6.07) is 3.72. The fourth-order valence-corrected chi connectivity index (χ4v) is 3.67. The molecule has 2 nitrogen and oxygen atoms in total. The minimum absolute atomic E-state index is 0.152. The van der Waals surface area contributed by atoms with Crippen molar-refractivity contribution in [1.82, 2.24) is 4.90 Å². The summed E-state index contributed by atoms with van der Waals surface area (Å²) in [4.78, 5) is 14.4. The molecular weight excluding hydrogens is 260 g/mol. The Bertz CT molecular complexity index is 515. The Morgan fingerprint density at radius 3 is 2.60 bits per heavy atom. The molecule has 108 valence electrons. The van der Waals surface area contributed by atoms with Crippen LogP contribution in [0.3, 0.4) is 0 Å². The van der Waals surface area contributed by atoms with Crippen LogP contribution in [0.1, 0.15) is 48.9 Å². The lowest BCUT2D eigenvalue weighted by Crippen LogP contribution is -2.49. The molecule has 0 N–H and O–H groups in total. The molecule has 0 spiro atoms. The van der Waals surface area contributed by atoms with E-state index in [0.29, 0.717) is 5.92 Å². The van der Waals surface area contributed by atoms with Crippen molar-refractivity contribution in [3.8, 4) is 0 Å². The van der Waals surface area contributed by atoms with E-state index in [0.717, 1.165) is 37.9 Å². The highest BCUT2D eigenvalue weighted by Crippen LogP contribution is 2.35. The summed E-state index contributed by atoms with van der Waals surface area (Å²) in [6.07, 6.45) is 6.83. The van der Waals surface area contributed by atoms with Crippen LogP contribution in [0.25, 0.3) is 0 Å². The number of benzene rings is 1. The van der Waals surface area contributed by atoms with Crippen LogP contribution in [0.5, 0.6) is 0 Å². The van der Waals surface area contributed by atoms with Crippen molar-refractivity contribution in [3.05, 3.63) is 35.4 Å². The van der Waals surface area contributed by atoms with Gasteiger partial charge in [0.15, 0.2) is 11.6 Å². The van der Waals surface area contributed by atoms with Crippen LogP contribution in [-0.4, -0.2) is 23.4 Å². The number of amides is 1. The topological polar surface area (TPSA) is 20.3 Å². The van der Waals surface area contributed by atoms with Gasteiger partial charge in [0.2, 0.25) is 0 Å². The van der Waals surface area contributed by atoms with E-state index in [2.05, 4.69) is 0 Å². The zero-order chi connectivity index (χ0) is 14.1. The van der Waals surface area contributed by atoms with Crippen molar-refractivity contribution >= 4 is 5.91 Å². The van der Waals surface area contributed by atoms with Crippen molar-refractivity contribution in [2.75, 3.05) is 6.54 Å². The Balaban J connectivity index is 1.83. The third kappa shape index (κ3) is 2.43. The number of carbonyl (C=O) groups is 1. The minimum atomic E-state index is -0.951. The van der Waals surface area contributed by atoms with Crippen LogP contribution >= 0.6 is 0 Å². The molecule has 2 atom stereocenters. The van der Waals surface area contributed by atoms with Gasteiger partial charge in [0, 0.05) is 18.2 Å². The van der Waals surface area contributed by atoms with E-state index in [1.807, 2.05) is 4.90 Å². The molecule has 4 heteroatoms. The van der Waals surface area contributed by atoms with Gasteiger partial charge in [-0.15, -0.1) is 0 Å². The van der Waals surface area contributed by atoms with Crippen LogP contribution in [0.4, 0.5) is 8.78 Å². The number of nitrogens with zero attached hydrogens (tertiary/aromatic N) is 1. The molecule has 1 aliphatic carbocycles.